The predicted molar refractivity (Wildman–Crippen MR) is 133 cm³/mol. The summed E-state index contributed by atoms with van der Waals surface area (Å²) in [6.45, 7) is 7.82. The molecule has 0 fully saturated rings. The summed E-state index contributed by atoms with van der Waals surface area (Å²) in [6, 6.07) is 12.3. The van der Waals surface area contributed by atoms with E-state index >= 15 is 0 Å². The number of amides is 1. The zero-order valence-electron chi connectivity index (χ0n) is 20.3. The maximum absolute atomic E-state index is 13.6. The first-order chi connectivity index (χ1) is 16.6. The minimum absolute atomic E-state index is 0.141. The van der Waals surface area contributed by atoms with E-state index in [1.54, 1.807) is 23.1 Å². The van der Waals surface area contributed by atoms with Crippen molar-refractivity contribution in [2.24, 2.45) is 0 Å². The van der Waals surface area contributed by atoms with Gasteiger partial charge in [0.1, 0.15) is 5.58 Å². The average molecular weight is 464 g/mol. The monoisotopic (exact) mass is 463 g/mol. The molecule has 1 aliphatic rings. The normalized spacial score (nSPS) is 15.1. The van der Waals surface area contributed by atoms with Crippen molar-refractivity contribution in [2.75, 3.05) is 19.8 Å². The van der Waals surface area contributed by atoms with E-state index < -0.39 is 6.04 Å². The summed E-state index contributed by atoms with van der Waals surface area (Å²) in [5.41, 5.74) is 1.49. The maximum atomic E-state index is 13.6. The molecular weight excluding hydrogens is 430 g/mol. The van der Waals surface area contributed by atoms with Crippen LogP contribution in [0.3, 0.4) is 0 Å². The lowest BCUT2D eigenvalue weighted by Crippen LogP contribution is -2.30. The summed E-state index contributed by atoms with van der Waals surface area (Å²) < 4.78 is 17.9. The quantitative estimate of drug-likeness (QED) is 0.321. The summed E-state index contributed by atoms with van der Waals surface area (Å²) in [6.07, 6.45) is 4.98. The van der Waals surface area contributed by atoms with E-state index in [0.29, 0.717) is 47.8 Å². The van der Waals surface area contributed by atoms with Crippen LogP contribution in [0.15, 0.2) is 51.7 Å². The molecule has 1 aliphatic heterocycles. The predicted octanol–water partition coefficient (Wildman–Crippen LogP) is 6.11. The summed E-state index contributed by atoms with van der Waals surface area (Å²) >= 11 is 0. The van der Waals surface area contributed by atoms with Gasteiger partial charge in [0.15, 0.2) is 16.9 Å². The van der Waals surface area contributed by atoms with Gasteiger partial charge in [0.05, 0.1) is 30.2 Å². The van der Waals surface area contributed by atoms with E-state index in [1.165, 1.54) is 0 Å². The highest BCUT2D eigenvalue weighted by molar-refractivity contribution is 5.99. The number of carbonyl (C=O) groups excluding carboxylic acids is 1. The van der Waals surface area contributed by atoms with Gasteiger partial charge in [0.25, 0.3) is 5.91 Å². The van der Waals surface area contributed by atoms with E-state index in [2.05, 4.69) is 13.8 Å². The fourth-order valence-electron chi connectivity index (χ4n) is 4.49. The molecule has 0 saturated carbocycles. The molecule has 0 unspecified atom stereocenters. The third-order valence-electron chi connectivity index (χ3n) is 6.21. The molecule has 4 rings (SSSR count). The molecule has 0 spiro atoms. The number of unbranched alkanes of at least 4 members (excludes halogenated alkanes) is 3. The molecule has 180 valence electrons. The number of para-hydroxylation sites is 1. The van der Waals surface area contributed by atoms with Crippen LogP contribution in [0.25, 0.3) is 11.0 Å². The molecule has 1 amide bonds. The fraction of sp³-hybridized carbons (Fsp3) is 0.429. The van der Waals surface area contributed by atoms with E-state index in [1.807, 2.05) is 31.2 Å². The third-order valence-corrected chi connectivity index (χ3v) is 6.21. The van der Waals surface area contributed by atoms with Gasteiger partial charge in [-0.2, -0.15) is 0 Å². The Kier molecular flexibility index (Phi) is 7.56. The van der Waals surface area contributed by atoms with E-state index in [4.69, 9.17) is 13.9 Å². The second-order valence-corrected chi connectivity index (χ2v) is 8.62. The highest BCUT2D eigenvalue weighted by Crippen LogP contribution is 2.41. The molecule has 0 aliphatic carbocycles. The molecule has 6 heteroatoms. The van der Waals surface area contributed by atoms with Crippen LogP contribution in [0.4, 0.5) is 0 Å². The Labute approximate surface area is 200 Å². The van der Waals surface area contributed by atoms with Gasteiger partial charge in [-0.25, -0.2) is 0 Å². The Balaban J connectivity index is 1.80. The Bertz CT molecular complexity index is 1220. The van der Waals surface area contributed by atoms with Gasteiger partial charge in [-0.05, 0) is 49.6 Å². The third kappa shape index (κ3) is 4.54. The number of benzene rings is 2. The molecule has 34 heavy (non-hydrogen) atoms. The van der Waals surface area contributed by atoms with Gasteiger partial charge in [-0.1, -0.05) is 51.3 Å². The van der Waals surface area contributed by atoms with Crippen molar-refractivity contribution < 1.29 is 18.7 Å². The molecule has 6 nitrogen and oxygen atoms in total. The fourth-order valence-corrected chi connectivity index (χ4v) is 4.49. The number of hydrogen-bond acceptors (Lipinski definition) is 5. The van der Waals surface area contributed by atoms with E-state index in [0.717, 1.165) is 37.7 Å². The van der Waals surface area contributed by atoms with E-state index in [9.17, 15) is 9.59 Å². The Hall–Kier alpha value is -3.28. The van der Waals surface area contributed by atoms with Crippen molar-refractivity contribution in [3.63, 3.8) is 0 Å². The molecule has 3 aromatic rings. The molecule has 0 saturated heterocycles. The van der Waals surface area contributed by atoms with Crippen molar-refractivity contribution >= 4 is 16.9 Å². The molecule has 0 bridgehead atoms. The number of ether oxygens (including phenoxy) is 2. The van der Waals surface area contributed by atoms with Gasteiger partial charge in [-0.15, -0.1) is 0 Å². The molecule has 2 heterocycles. The second kappa shape index (κ2) is 10.8. The maximum Gasteiger partial charge on any atom is 0.290 e. The van der Waals surface area contributed by atoms with Crippen LogP contribution in [-0.4, -0.2) is 30.6 Å². The lowest BCUT2D eigenvalue weighted by molar-refractivity contribution is 0.0725. The molecular formula is C28H33NO5. The topological polar surface area (TPSA) is 69.0 Å². The molecule has 0 N–H and O–H groups in total. The first-order valence-electron chi connectivity index (χ1n) is 12.4. The molecule has 1 atom stereocenters. The van der Waals surface area contributed by atoms with Crippen LogP contribution < -0.4 is 14.9 Å². The van der Waals surface area contributed by atoms with Crippen LogP contribution in [0.1, 0.15) is 80.6 Å². The van der Waals surface area contributed by atoms with E-state index in [-0.39, 0.29) is 17.1 Å². The van der Waals surface area contributed by atoms with Crippen molar-refractivity contribution in [2.45, 2.75) is 58.9 Å². The standard InChI is InChI=1S/C28H33NO5/c1-4-7-11-17-33-22-15-14-19(18-23(22)32-6-3)25-24-26(30)20-12-9-10-13-21(20)34-27(24)28(31)29(25)16-8-5-2/h9-10,12-15,18,25H,4-8,11,16-17H2,1-3H3/t25-/m0/s1. The summed E-state index contributed by atoms with van der Waals surface area (Å²) in [5, 5.41) is 0.484. The minimum atomic E-state index is -0.525. The highest BCUT2D eigenvalue weighted by Gasteiger charge is 2.42. The molecule has 1 aromatic heterocycles. The smallest absolute Gasteiger partial charge is 0.290 e. The van der Waals surface area contributed by atoms with Crippen molar-refractivity contribution in [1.29, 1.82) is 0 Å². The van der Waals surface area contributed by atoms with Gasteiger partial charge < -0.3 is 18.8 Å². The van der Waals surface area contributed by atoms with Crippen molar-refractivity contribution in [3.8, 4) is 11.5 Å². The van der Waals surface area contributed by atoms with Crippen molar-refractivity contribution in [3.05, 3.63) is 69.6 Å². The van der Waals surface area contributed by atoms with Gasteiger partial charge in [0.2, 0.25) is 5.76 Å². The number of nitrogens with zero attached hydrogens (tertiary/aromatic N) is 1. The summed E-state index contributed by atoms with van der Waals surface area (Å²) in [5.74, 6) is 1.20. The first kappa shape index (κ1) is 23.9. The van der Waals surface area contributed by atoms with Gasteiger partial charge >= 0.3 is 0 Å². The largest absolute Gasteiger partial charge is 0.490 e. The average Bonchev–Trinajstić information content (AvgIpc) is 3.13. The SMILES string of the molecule is CCCCCOc1ccc([C@H]2c3c(oc4ccccc4c3=O)C(=O)N2CCCC)cc1OCC. The number of carbonyl (C=O) groups is 1. The zero-order chi connectivity index (χ0) is 24.1. The Morgan fingerprint density at radius 1 is 0.912 bits per heavy atom. The lowest BCUT2D eigenvalue weighted by Gasteiger charge is -2.25. The Morgan fingerprint density at radius 3 is 2.47 bits per heavy atom. The molecule has 0 radical (unpaired) electrons. The summed E-state index contributed by atoms with van der Waals surface area (Å²) in [4.78, 5) is 28.7. The van der Waals surface area contributed by atoms with Crippen LogP contribution in [0.5, 0.6) is 11.5 Å². The zero-order valence-corrected chi connectivity index (χ0v) is 20.3. The molecule has 2 aromatic carbocycles. The van der Waals surface area contributed by atoms with Crippen LogP contribution >= 0.6 is 0 Å². The highest BCUT2D eigenvalue weighted by atomic mass is 16.5. The second-order valence-electron chi connectivity index (χ2n) is 8.62. The number of rotatable bonds is 11. The van der Waals surface area contributed by atoms with Gasteiger partial charge in [0, 0.05) is 6.54 Å². The summed E-state index contributed by atoms with van der Waals surface area (Å²) in [7, 11) is 0. The van der Waals surface area contributed by atoms with Crippen LogP contribution in [0, 0.1) is 0 Å². The minimum Gasteiger partial charge on any atom is -0.490 e. The number of hydrogen-bond donors (Lipinski definition) is 0. The van der Waals surface area contributed by atoms with Gasteiger partial charge in [-0.3, -0.25) is 9.59 Å². The lowest BCUT2D eigenvalue weighted by atomic mass is 9.98. The van der Waals surface area contributed by atoms with Crippen LogP contribution in [0.2, 0.25) is 0 Å². The first-order valence-corrected chi connectivity index (χ1v) is 12.4. The number of fused-ring (bicyclic) bond motifs is 2. The Morgan fingerprint density at radius 2 is 1.71 bits per heavy atom. The van der Waals surface area contributed by atoms with Crippen LogP contribution in [-0.2, 0) is 0 Å². The van der Waals surface area contributed by atoms with Crippen molar-refractivity contribution in [1.82, 2.24) is 4.90 Å².